The first-order chi connectivity index (χ1) is 3.33. The van der Waals surface area contributed by atoms with Crippen LogP contribution in [0.25, 0.3) is 0 Å². The fraction of sp³-hybridized carbons (Fsp3) is 0.750. The summed E-state index contributed by atoms with van der Waals surface area (Å²) in [5, 5.41) is 0. The van der Waals surface area contributed by atoms with E-state index >= 15 is 0 Å². The molecular formula is C4H5ClO2. The Morgan fingerprint density at radius 2 is 2.57 bits per heavy atom. The Bertz CT molecular complexity index is 83.7. The van der Waals surface area contributed by atoms with Gasteiger partial charge in [0.05, 0.1) is 12.3 Å². The third-order valence-electron chi connectivity index (χ3n) is 0.865. The standard InChI is InChI=1S/C4H5ClO2/c5-2-3-1-4(6)7-3/h3H,1-2H2. The van der Waals surface area contributed by atoms with Crippen LogP contribution in [0.5, 0.6) is 0 Å². The monoisotopic (exact) mass is 120 g/mol. The summed E-state index contributed by atoms with van der Waals surface area (Å²) in [7, 11) is 0. The Hall–Kier alpha value is -0.240. The van der Waals surface area contributed by atoms with E-state index in [1.807, 2.05) is 0 Å². The highest BCUT2D eigenvalue weighted by Gasteiger charge is 2.26. The number of cyclic esters (lactones) is 1. The molecular weight excluding hydrogens is 115 g/mol. The average molecular weight is 121 g/mol. The molecule has 0 aliphatic carbocycles. The minimum absolute atomic E-state index is 0.00849. The largest absolute Gasteiger partial charge is 0.460 e. The molecule has 1 fully saturated rings. The van der Waals surface area contributed by atoms with Gasteiger partial charge in [-0.15, -0.1) is 11.6 Å². The van der Waals surface area contributed by atoms with E-state index in [1.54, 1.807) is 0 Å². The van der Waals surface area contributed by atoms with Crippen LogP contribution in [0.2, 0.25) is 0 Å². The first-order valence-electron chi connectivity index (χ1n) is 2.08. The van der Waals surface area contributed by atoms with E-state index in [2.05, 4.69) is 4.74 Å². The quantitative estimate of drug-likeness (QED) is 0.373. The lowest BCUT2D eigenvalue weighted by atomic mass is 10.2. The van der Waals surface area contributed by atoms with Crippen molar-refractivity contribution in [1.82, 2.24) is 0 Å². The van der Waals surface area contributed by atoms with Gasteiger partial charge in [0.15, 0.2) is 0 Å². The third kappa shape index (κ3) is 0.855. The molecule has 1 atom stereocenters. The van der Waals surface area contributed by atoms with E-state index in [4.69, 9.17) is 11.6 Å². The summed E-state index contributed by atoms with van der Waals surface area (Å²) in [6.07, 6.45) is 0.512. The number of carbonyl (C=O) groups excluding carboxylic acids is 1. The van der Waals surface area contributed by atoms with Crippen LogP contribution in [0.3, 0.4) is 0 Å². The van der Waals surface area contributed by atoms with Gasteiger partial charge in [0.1, 0.15) is 6.10 Å². The van der Waals surface area contributed by atoms with Gasteiger partial charge in [0.2, 0.25) is 0 Å². The molecule has 1 saturated heterocycles. The second-order valence-corrected chi connectivity index (χ2v) is 1.78. The van der Waals surface area contributed by atoms with Gasteiger partial charge in [-0.3, -0.25) is 4.79 Å². The van der Waals surface area contributed by atoms with Crippen molar-refractivity contribution in [2.45, 2.75) is 12.5 Å². The lowest BCUT2D eigenvalue weighted by Crippen LogP contribution is -2.33. The maximum Gasteiger partial charge on any atom is 0.309 e. The highest BCUT2D eigenvalue weighted by molar-refractivity contribution is 6.18. The SMILES string of the molecule is O=C1CC(CCl)O1. The minimum atomic E-state index is -0.134. The van der Waals surface area contributed by atoms with Crippen LogP contribution in [0.15, 0.2) is 0 Å². The Morgan fingerprint density at radius 1 is 2.00 bits per heavy atom. The van der Waals surface area contributed by atoms with E-state index in [1.165, 1.54) is 0 Å². The zero-order chi connectivity index (χ0) is 5.28. The van der Waals surface area contributed by atoms with Gasteiger partial charge in [-0.25, -0.2) is 0 Å². The number of halogens is 1. The molecule has 0 spiro atoms. The number of rotatable bonds is 1. The fourth-order valence-electron chi connectivity index (χ4n) is 0.448. The van der Waals surface area contributed by atoms with E-state index in [0.29, 0.717) is 12.3 Å². The molecule has 0 N–H and O–H groups in total. The Kier molecular flexibility index (Phi) is 1.19. The Labute approximate surface area is 46.4 Å². The maximum atomic E-state index is 9.99. The van der Waals surface area contributed by atoms with Crippen molar-refractivity contribution in [3.8, 4) is 0 Å². The summed E-state index contributed by atoms with van der Waals surface area (Å²) in [4.78, 5) is 9.99. The highest BCUT2D eigenvalue weighted by atomic mass is 35.5. The van der Waals surface area contributed by atoms with Crippen molar-refractivity contribution >= 4 is 17.6 Å². The maximum absolute atomic E-state index is 9.99. The van der Waals surface area contributed by atoms with Crippen LogP contribution in [0.4, 0.5) is 0 Å². The van der Waals surface area contributed by atoms with Crippen molar-refractivity contribution in [3.05, 3.63) is 0 Å². The summed E-state index contributed by atoms with van der Waals surface area (Å²) in [5.41, 5.74) is 0. The van der Waals surface area contributed by atoms with Crippen molar-refractivity contribution in [2.75, 3.05) is 5.88 Å². The number of alkyl halides is 1. The Balaban J connectivity index is 2.17. The van der Waals surface area contributed by atoms with Gasteiger partial charge in [-0.2, -0.15) is 0 Å². The molecule has 0 saturated carbocycles. The lowest BCUT2D eigenvalue weighted by Gasteiger charge is -2.22. The molecule has 0 aromatic carbocycles. The molecule has 1 rings (SSSR count). The predicted molar refractivity (Wildman–Crippen MR) is 25.2 cm³/mol. The molecule has 1 aliphatic rings. The second kappa shape index (κ2) is 1.70. The molecule has 0 aromatic heterocycles. The number of carbonyl (C=O) groups is 1. The van der Waals surface area contributed by atoms with Crippen molar-refractivity contribution in [3.63, 3.8) is 0 Å². The van der Waals surface area contributed by atoms with E-state index in [0.717, 1.165) is 0 Å². The molecule has 0 amide bonds. The molecule has 3 heteroatoms. The lowest BCUT2D eigenvalue weighted by molar-refractivity contribution is -0.166. The molecule has 7 heavy (non-hydrogen) atoms. The van der Waals surface area contributed by atoms with Crippen LogP contribution >= 0.6 is 11.6 Å². The van der Waals surface area contributed by atoms with E-state index in [9.17, 15) is 4.79 Å². The van der Waals surface area contributed by atoms with Gasteiger partial charge in [-0.05, 0) is 0 Å². The summed E-state index contributed by atoms with van der Waals surface area (Å²) in [6, 6.07) is 0. The molecule has 0 radical (unpaired) electrons. The molecule has 40 valence electrons. The van der Waals surface area contributed by atoms with Crippen LogP contribution in [0.1, 0.15) is 6.42 Å². The van der Waals surface area contributed by atoms with Crippen molar-refractivity contribution in [1.29, 1.82) is 0 Å². The number of ether oxygens (including phenoxy) is 1. The smallest absolute Gasteiger partial charge is 0.309 e. The number of hydrogen-bond acceptors (Lipinski definition) is 2. The Morgan fingerprint density at radius 3 is 2.71 bits per heavy atom. The van der Waals surface area contributed by atoms with Crippen molar-refractivity contribution < 1.29 is 9.53 Å². The van der Waals surface area contributed by atoms with Gasteiger partial charge in [0.25, 0.3) is 0 Å². The molecule has 0 bridgehead atoms. The molecule has 2 nitrogen and oxygen atoms in total. The van der Waals surface area contributed by atoms with Crippen LogP contribution in [0, 0.1) is 0 Å². The van der Waals surface area contributed by atoms with Gasteiger partial charge in [-0.1, -0.05) is 0 Å². The molecule has 1 heterocycles. The van der Waals surface area contributed by atoms with Gasteiger partial charge >= 0.3 is 5.97 Å². The summed E-state index contributed by atoms with van der Waals surface area (Å²) >= 11 is 5.29. The predicted octanol–water partition coefficient (Wildman–Crippen LogP) is 0.541. The van der Waals surface area contributed by atoms with Gasteiger partial charge < -0.3 is 4.74 Å². The number of esters is 1. The molecule has 1 unspecified atom stereocenters. The zero-order valence-corrected chi connectivity index (χ0v) is 4.44. The molecule has 1 aliphatic heterocycles. The fourth-order valence-corrected chi connectivity index (χ4v) is 0.620. The number of hydrogen-bond donors (Lipinski definition) is 0. The van der Waals surface area contributed by atoms with Gasteiger partial charge in [0, 0.05) is 0 Å². The third-order valence-corrected chi connectivity index (χ3v) is 1.21. The molecule has 0 aromatic rings. The van der Waals surface area contributed by atoms with Crippen molar-refractivity contribution in [2.24, 2.45) is 0 Å². The topological polar surface area (TPSA) is 26.3 Å². The highest BCUT2D eigenvalue weighted by Crippen LogP contribution is 2.13. The summed E-state index contributed by atoms with van der Waals surface area (Å²) < 4.78 is 4.52. The van der Waals surface area contributed by atoms with E-state index < -0.39 is 0 Å². The first-order valence-corrected chi connectivity index (χ1v) is 2.62. The average Bonchev–Trinajstić information content (AvgIpc) is 1.58. The summed E-state index contributed by atoms with van der Waals surface area (Å²) in [6.45, 7) is 0. The summed E-state index contributed by atoms with van der Waals surface area (Å²) in [5.74, 6) is 0.303. The first kappa shape index (κ1) is 4.91. The minimum Gasteiger partial charge on any atom is -0.460 e. The second-order valence-electron chi connectivity index (χ2n) is 1.47. The van der Waals surface area contributed by atoms with Crippen LogP contribution in [-0.2, 0) is 9.53 Å². The van der Waals surface area contributed by atoms with Crippen LogP contribution < -0.4 is 0 Å². The normalized spacial score (nSPS) is 28.7. The zero-order valence-electron chi connectivity index (χ0n) is 3.69. The van der Waals surface area contributed by atoms with E-state index in [-0.39, 0.29) is 12.1 Å². The van der Waals surface area contributed by atoms with Crippen LogP contribution in [-0.4, -0.2) is 18.0 Å².